The van der Waals surface area contributed by atoms with Gasteiger partial charge in [-0.2, -0.15) is 0 Å². The molecule has 70 valence electrons. The minimum atomic E-state index is 0.924. The van der Waals surface area contributed by atoms with Gasteiger partial charge < -0.3 is 0 Å². The predicted octanol–water partition coefficient (Wildman–Crippen LogP) is 2.66. The number of fused-ring (bicyclic) bond motifs is 1. The highest BCUT2D eigenvalue weighted by Crippen LogP contribution is 2.31. The van der Waals surface area contributed by atoms with E-state index in [1.54, 1.807) is 10.4 Å². The summed E-state index contributed by atoms with van der Waals surface area (Å²) in [5.74, 6) is 0. The molecule has 13 heavy (non-hydrogen) atoms. The lowest BCUT2D eigenvalue weighted by Gasteiger charge is -2.39. The molecule has 0 aromatic carbocycles. The maximum absolute atomic E-state index is 2.68. The Kier molecular flexibility index (Phi) is 1.91. The molecule has 1 aromatic heterocycles. The number of hydrogen-bond acceptors (Lipinski definition) is 2. The van der Waals surface area contributed by atoms with Crippen molar-refractivity contribution in [1.29, 1.82) is 0 Å². The summed E-state index contributed by atoms with van der Waals surface area (Å²) in [5.41, 5.74) is 1.60. The monoisotopic (exact) mass is 193 g/mol. The quantitative estimate of drug-likeness (QED) is 0.663. The Hall–Kier alpha value is -0.340. The summed E-state index contributed by atoms with van der Waals surface area (Å²) in [4.78, 5) is 4.31. The molecule has 1 saturated carbocycles. The van der Waals surface area contributed by atoms with Gasteiger partial charge in [0.1, 0.15) is 0 Å². The Balaban J connectivity index is 1.76. The third-order valence-corrected chi connectivity index (χ3v) is 4.45. The normalized spacial score (nSPS) is 24.0. The van der Waals surface area contributed by atoms with Crippen molar-refractivity contribution in [3.8, 4) is 0 Å². The number of thiophene rings is 1. The van der Waals surface area contributed by atoms with Crippen molar-refractivity contribution in [3.63, 3.8) is 0 Å². The number of hydrogen-bond donors (Lipinski definition) is 0. The van der Waals surface area contributed by atoms with Crippen LogP contribution >= 0.6 is 11.3 Å². The van der Waals surface area contributed by atoms with E-state index in [2.05, 4.69) is 16.3 Å². The van der Waals surface area contributed by atoms with Crippen LogP contribution in [0.25, 0.3) is 0 Å². The first-order valence-electron chi connectivity index (χ1n) is 5.23. The van der Waals surface area contributed by atoms with Crippen LogP contribution in [0.4, 0.5) is 0 Å². The SMILES string of the molecule is c1cc2c(s1)CCN(C1CCC1)C2. The molecule has 0 amide bonds. The minimum absolute atomic E-state index is 0.924. The van der Waals surface area contributed by atoms with Gasteiger partial charge in [0.15, 0.2) is 0 Å². The van der Waals surface area contributed by atoms with Gasteiger partial charge in [-0.3, -0.25) is 4.90 Å². The molecule has 1 aromatic rings. The molecule has 2 heteroatoms. The lowest BCUT2D eigenvalue weighted by Crippen LogP contribution is -2.42. The van der Waals surface area contributed by atoms with E-state index in [9.17, 15) is 0 Å². The van der Waals surface area contributed by atoms with Crippen molar-refractivity contribution in [1.82, 2.24) is 4.90 Å². The van der Waals surface area contributed by atoms with E-state index in [4.69, 9.17) is 0 Å². The van der Waals surface area contributed by atoms with Crippen molar-refractivity contribution < 1.29 is 0 Å². The zero-order valence-corrected chi connectivity index (χ0v) is 8.65. The average Bonchev–Trinajstić information content (AvgIpc) is 2.47. The molecule has 0 N–H and O–H groups in total. The van der Waals surface area contributed by atoms with Crippen molar-refractivity contribution in [2.24, 2.45) is 0 Å². The third kappa shape index (κ3) is 1.32. The van der Waals surface area contributed by atoms with E-state index in [0.717, 1.165) is 6.04 Å². The second kappa shape index (κ2) is 3.10. The van der Waals surface area contributed by atoms with Crippen LogP contribution in [0.2, 0.25) is 0 Å². The van der Waals surface area contributed by atoms with Crippen LogP contribution in [0, 0.1) is 0 Å². The second-order valence-corrected chi connectivity index (χ2v) is 5.17. The minimum Gasteiger partial charge on any atom is -0.296 e. The largest absolute Gasteiger partial charge is 0.296 e. The average molecular weight is 193 g/mol. The van der Waals surface area contributed by atoms with E-state index in [0.29, 0.717) is 0 Å². The van der Waals surface area contributed by atoms with E-state index in [1.807, 2.05) is 11.3 Å². The van der Waals surface area contributed by atoms with Gasteiger partial charge in [-0.05, 0) is 36.3 Å². The van der Waals surface area contributed by atoms with Gasteiger partial charge >= 0.3 is 0 Å². The Bertz CT molecular complexity index is 301. The highest BCUT2D eigenvalue weighted by molar-refractivity contribution is 7.10. The molecular weight excluding hydrogens is 178 g/mol. The van der Waals surface area contributed by atoms with Crippen LogP contribution in [0.15, 0.2) is 11.4 Å². The maximum atomic E-state index is 2.68. The standard InChI is InChI=1S/C11H15NS/c1-2-10(3-1)12-6-4-11-9(8-12)5-7-13-11/h5,7,10H,1-4,6,8H2. The molecule has 1 aliphatic carbocycles. The molecule has 1 fully saturated rings. The van der Waals surface area contributed by atoms with Crippen molar-refractivity contribution in [3.05, 3.63) is 21.9 Å². The summed E-state index contributed by atoms with van der Waals surface area (Å²) < 4.78 is 0. The molecule has 0 atom stereocenters. The maximum Gasteiger partial charge on any atom is 0.0247 e. The van der Waals surface area contributed by atoms with E-state index in [1.165, 1.54) is 38.8 Å². The summed E-state index contributed by atoms with van der Waals surface area (Å²) >= 11 is 1.94. The van der Waals surface area contributed by atoms with Gasteiger partial charge in [-0.1, -0.05) is 6.42 Å². The summed E-state index contributed by atoms with van der Waals surface area (Å²) in [6.45, 7) is 2.53. The lowest BCUT2D eigenvalue weighted by molar-refractivity contribution is 0.114. The van der Waals surface area contributed by atoms with Gasteiger partial charge in [-0.15, -0.1) is 11.3 Å². The highest BCUT2D eigenvalue weighted by Gasteiger charge is 2.27. The zero-order chi connectivity index (χ0) is 8.67. The molecule has 0 spiro atoms. The first kappa shape index (κ1) is 8.01. The molecule has 3 rings (SSSR count). The number of nitrogens with zero attached hydrogens (tertiary/aromatic N) is 1. The molecule has 1 aliphatic heterocycles. The molecule has 1 nitrogen and oxygen atoms in total. The van der Waals surface area contributed by atoms with Crippen molar-refractivity contribution >= 4 is 11.3 Å². The van der Waals surface area contributed by atoms with Crippen LogP contribution in [-0.4, -0.2) is 17.5 Å². The van der Waals surface area contributed by atoms with Crippen LogP contribution in [0.1, 0.15) is 29.7 Å². The lowest BCUT2D eigenvalue weighted by atomic mass is 9.90. The summed E-state index contributed by atoms with van der Waals surface area (Å²) in [6.07, 6.45) is 5.64. The Morgan fingerprint density at radius 2 is 2.31 bits per heavy atom. The Labute approximate surface area is 83.4 Å². The fraction of sp³-hybridized carbons (Fsp3) is 0.636. The van der Waals surface area contributed by atoms with Gasteiger partial charge in [-0.25, -0.2) is 0 Å². The van der Waals surface area contributed by atoms with E-state index in [-0.39, 0.29) is 0 Å². The molecule has 0 radical (unpaired) electrons. The fourth-order valence-corrected chi connectivity index (χ4v) is 3.22. The number of rotatable bonds is 1. The first-order chi connectivity index (χ1) is 6.43. The van der Waals surface area contributed by atoms with Gasteiger partial charge in [0.05, 0.1) is 0 Å². The smallest absolute Gasteiger partial charge is 0.0247 e. The van der Waals surface area contributed by atoms with Gasteiger partial charge in [0.25, 0.3) is 0 Å². The molecule has 0 unspecified atom stereocenters. The molecule has 2 aliphatic rings. The highest BCUT2D eigenvalue weighted by atomic mass is 32.1. The van der Waals surface area contributed by atoms with Gasteiger partial charge in [0, 0.05) is 24.0 Å². The first-order valence-corrected chi connectivity index (χ1v) is 6.11. The Morgan fingerprint density at radius 3 is 3.08 bits per heavy atom. The van der Waals surface area contributed by atoms with Crippen LogP contribution in [0.3, 0.4) is 0 Å². The van der Waals surface area contributed by atoms with Crippen LogP contribution < -0.4 is 0 Å². The zero-order valence-electron chi connectivity index (χ0n) is 7.83. The van der Waals surface area contributed by atoms with Crippen molar-refractivity contribution in [2.75, 3.05) is 6.54 Å². The Morgan fingerprint density at radius 1 is 1.38 bits per heavy atom. The molecule has 0 bridgehead atoms. The van der Waals surface area contributed by atoms with E-state index < -0.39 is 0 Å². The molecular formula is C11H15NS. The van der Waals surface area contributed by atoms with Crippen molar-refractivity contribution in [2.45, 2.75) is 38.3 Å². The van der Waals surface area contributed by atoms with Crippen LogP contribution in [0.5, 0.6) is 0 Å². The topological polar surface area (TPSA) is 3.24 Å². The molecule has 2 heterocycles. The van der Waals surface area contributed by atoms with Crippen LogP contribution in [-0.2, 0) is 13.0 Å². The summed E-state index contributed by atoms with van der Waals surface area (Å²) in [5, 5.41) is 2.24. The second-order valence-electron chi connectivity index (χ2n) is 4.17. The summed E-state index contributed by atoms with van der Waals surface area (Å²) in [7, 11) is 0. The van der Waals surface area contributed by atoms with E-state index >= 15 is 0 Å². The van der Waals surface area contributed by atoms with Gasteiger partial charge in [0.2, 0.25) is 0 Å². The fourth-order valence-electron chi connectivity index (χ4n) is 2.33. The molecule has 0 saturated heterocycles. The summed E-state index contributed by atoms with van der Waals surface area (Å²) in [6, 6.07) is 3.23. The third-order valence-electron chi connectivity index (χ3n) is 3.43. The predicted molar refractivity (Wildman–Crippen MR) is 56.1 cm³/mol.